The van der Waals surface area contributed by atoms with Crippen LogP contribution in [0.4, 0.5) is 0 Å². The van der Waals surface area contributed by atoms with Crippen molar-refractivity contribution in [2.45, 2.75) is 276 Å². The molecular weight excluding hydrogens is 1180 g/mol. The highest BCUT2D eigenvalue weighted by Gasteiger charge is 2.71. The number of fused-ring (bicyclic) bond motifs is 7. The van der Waals surface area contributed by atoms with E-state index >= 15 is 0 Å². The molecule has 4 saturated carbocycles. The minimum absolute atomic E-state index is 0.0301. The minimum atomic E-state index is -2.12. The van der Waals surface area contributed by atoms with Gasteiger partial charge < -0.3 is 108 Å². The van der Waals surface area contributed by atoms with Gasteiger partial charge in [0.15, 0.2) is 43.5 Å². The van der Waals surface area contributed by atoms with Crippen LogP contribution in [-0.4, -0.2) is 234 Å². The zero-order valence-corrected chi connectivity index (χ0v) is 53.7. The molecule has 9 aliphatic rings. The summed E-state index contributed by atoms with van der Waals surface area (Å²) >= 11 is 0. The highest BCUT2D eigenvalue weighted by atomic mass is 16.8. The van der Waals surface area contributed by atoms with Crippen LogP contribution >= 0.6 is 0 Å². The topological polar surface area (TPSA) is 392 Å². The van der Waals surface area contributed by atoms with Crippen LogP contribution in [0, 0.1) is 50.7 Å². The molecule has 9 rings (SSSR count). The first kappa shape index (κ1) is 70.7. The predicted molar refractivity (Wildman–Crippen MR) is 310 cm³/mol. The Labute approximate surface area is 524 Å². The van der Waals surface area contributed by atoms with Gasteiger partial charge in [0.05, 0.1) is 31.5 Å². The zero-order valence-electron chi connectivity index (χ0n) is 53.7. The van der Waals surface area contributed by atoms with Crippen molar-refractivity contribution in [3.05, 3.63) is 34.9 Å². The molecule has 11 N–H and O–H groups in total. The van der Waals surface area contributed by atoms with Crippen LogP contribution in [0.2, 0.25) is 0 Å². The van der Waals surface area contributed by atoms with Crippen molar-refractivity contribution in [3.8, 4) is 0 Å². The van der Waals surface area contributed by atoms with E-state index in [4.69, 9.17) is 52.1 Å². The van der Waals surface area contributed by atoms with E-state index in [1.165, 1.54) is 6.92 Å². The van der Waals surface area contributed by atoms with Gasteiger partial charge in [-0.3, -0.25) is 4.79 Å². The number of aliphatic carboxylic acids is 1. The molecular formula is C64H98O26. The number of carboxylic acid groups (broad SMARTS) is 1. The summed E-state index contributed by atoms with van der Waals surface area (Å²) in [4.78, 5) is 52.7. The molecule has 15 unspecified atom stereocenters. The maximum atomic E-state index is 13.3. The Morgan fingerprint density at radius 2 is 1.14 bits per heavy atom. The van der Waals surface area contributed by atoms with Gasteiger partial charge in [0, 0.05) is 24.0 Å². The van der Waals surface area contributed by atoms with Crippen molar-refractivity contribution >= 4 is 23.9 Å². The van der Waals surface area contributed by atoms with E-state index in [-0.39, 0.29) is 28.9 Å². The zero-order chi connectivity index (χ0) is 66.4. The average molecular weight is 1280 g/mol. The minimum Gasteiger partial charge on any atom is -0.479 e. The second-order valence-corrected chi connectivity index (χ2v) is 28.8. The molecule has 4 saturated heterocycles. The lowest BCUT2D eigenvalue weighted by Crippen LogP contribution is -2.69. The average Bonchev–Trinajstić information content (AvgIpc) is 0.733. The van der Waals surface area contributed by atoms with Gasteiger partial charge in [0.2, 0.25) is 0 Å². The van der Waals surface area contributed by atoms with Gasteiger partial charge in [-0.05, 0) is 124 Å². The van der Waals surface area contributed by atoms with E-state index in [1.54, 1.807) is 46.8 Å². The van der Waals surface area contributed by atoms with Gasteiger partial charge in [0.1, 0.15) is 79.4 Å². The molecule has 0 amide bonds. The lowest BCUT2D eigenvalue weighted by Gasteiger charge is -2.71. The van der Waals surface area contributed by atoms with Gasteiger partial charge in [-0.15, -0.1) is 0 Å². The van der Waals surface area contributed by atoms with Crippen LogP contribution in [0.3, 0.4) is 0 Å². The number of hydrogen-bond donors (Lipinski definition) is 11. The molecule has 8 fully saturated rings. The van der Waals surface area contributed by atoms with Crippen LogP contribution in [-0.2, 0) is 71.3 Å². The van der Waals surface area contributed by atoms with Crippen LogP contribution in [0.1, 0.15) is 135 Å². The summed E-state index contributed by atoms with van der Waals surface area (Å²) in [6, 6.07) is 0. The summed E-state index contributed by atoms with van der Waals surface area (Å²) in [5.41, 5.74) is -1.29. The van der Waals surface area contributed by atoms with Crippen molar-refractivity contribution in [3.63, 3.8) is 0 Å². The highest BCUT2D eigenvalue weighted by molar-refractivity contribution is 5.88. The lowest BCUT2D eigenvalue weighted by molar-refractivity contribution is -0.386. The number of carbonyl (C=O) groups excluding carboxylic acids is 3. The van der Waals surface area contributed by atoms with Crippen LogP contribution in [0.5, 0.6) is 0 Å². The Bertz CT molecular complexity index is 2710. The summed E-state index contributed by atoms with van der Waals surface area (Å²) in [5, 5.41) is 121. The number of ether oxygens (including phenoxy) is 11. The molecule has 26 nitrogen and oxygen atoms in total. The quantitative estimate of drug-likeness (QED) is 0.0342. The Morgan fingerprint density at radius 1 is 0.589 bits per heavy atom. The smallest absolute Gasteiger partial charge is 0.335 e. The van der Waals surface area contributed by atoms with Gasteiger partial charge in [-0.1, -0.05) is 72.3 Å². The summed E-state index contributed by atoms with van der Waals surface area (Å²) < 4.78 is 67.8. The summed E-state index contributed by atoms with van der Waals surface area (Å²) in [5.74, 6) is -4.73. The van der Waals surface area contributed by atoms with Gasteiger partial charge >= 0.3 is 23.9 Å². The van der Waals surface area contributed by atoms with Crippen LogP contribution < -0.4 is 0 Å². The number of esters is 3. The molecule has 0 spiro atoms. The number of aliphatic hydroxyl groups excluding tert-OH is 10. The monoisotopic (exact) mass is 1280 g/mol. The fourth-order valence-electron chi connectivity index (χ4n) is 17.6. The molecule has 30 atom stereocenters. The maximum absolute atomic E-state index is 13.3. The van der Waals surface area contributed by atoms with E-state index in [0.29, 0.717) is 44.9 Å². The number of carbonyl (C=O) groups is 4. The fraction of sp³-hybridized carbons (Fsp3) is 0.844. The van der Waals surface area contributed by atoms with Crippen molar-refractivity contribution in [2.75, 3.05) is 13.2 Å². The van der Waals surface area contributed by atoms with Crippen LogP contribution in [0.15, 0.2) is 34.9 Å². The lowest BCUT2D eigenvalue weighted by atomic mass is 9.34. The van der Waals surface area contributed by atoms with Gasteiger partial charge in [-0.2, -0.15) is 0 Å². The van der Waals surface area contributed by atoms with Gasteiger partial charge in [-0.25, -0.2) is 14.4 Å². The Morgan fingerprint density at radius 3 is 1.71 bits per heavy atom. The van der Waals surface area contributed by atoms with Crippen LogP contribution in [0.25, 0.3) is 0 Å². The standard InChI is InChI=1S/C64H98O26/c1-14-26(3)54(78)85-46-28(5)80-58(45(75)49(46)86-55(79)27(4)15-2)90-52-47(81-29(6)67)38-30(22-60(52,7)8)31-16-17-36-62(11)20-19-37(61(9,10)35(62)18-21-63(36,12)64(31,13)23-32(38)68)84-59-51(89-57-43(73)41(71)39(69)33(24-65)82-57)48(44(74)50(88-59)53(76)77)87-56-42(72)40(70)34(25-66)83-56/h14-16,28,30,32-52,56-59,65-66,68-75H,17-25H2,1-13H3,(H,76,77)/b26-14-,27-15-/t28?,30?,32-,33?,34+,35?,36?,37+,38?,39+,40?,41?,42?,43?,44+,45?,46+,47-,48?,49?,50?,51?,52+,56+,57+,58+,59-,62+,63-,64-/m1/s1. The molecule has 510 valence electrons. The molecule has 0 aromatic rings. The normalized spacial score (nSPS) is 48.3. The number of aliphatic hydroxyl groups is 10. The molecule has 0 aromatic heterocycles. The first-order valence-corrected chi connectivity index (χ1v) is 31.7. The molecule has 0 bridgehead atoms. The first-order chi connectivity index (χ1) is 42.1. The third kappa shape index (κ3) is 12.3. The van der Waals surface area contributed by atoms with E-state index in [9.17, 15) is 75.3 Å². The highest BCUT2D eigenvalue weighted by Crippen LogP contribution is 2.75. The van der Waals surface area contributed by atoms with Crippen molar-refractivity contribution in [1.82, 2.24) is 0 Å². The van der Waals surface area contributed by atoms with E-state index in [2.05, 4.69) is 40.7 Å². The number of hydrogen-bond acceptors (Lipinski definition) is 25. The molecule has 4 aliphatic heterocycles. The first-order valence-electron chi connectivity index (χ1n) is 31.7. The SMILES string of the molecule is C/C=C(/C)C(=O)OC1C(O)[C@H](O[C@H]2[C@H](OC(C)=O)C3C(CC2(C)C)C2=CCC4[C@@]5(C)CC[C@H](O[C@@H]6OC(C(=O)O)[C@@H](O)C(O[C@@H]7O[C@@H](CO)C(O)C7O)C6O[C@@H]6OC(CO)[C@H](O)C(O)C6O)C(C)(C)C5CC[C@@]4(C)[C@]2(C)C[C@H]3O)OC(C)[C@@H]1OC(=O)/C(C)=C\C. The molecule has 90 heavy (non-hydrogen) atoms. The maximum Gasteiger partial charge on any atom is 0.335 e. The second kappa shape index (κ2) is 26.5. The van der Waals surface area contributed by atoms with Gasteiger partial charge in [0.25, 0.3) is 0 Å². The van der Waals surface area contributed by atoms with Crippen molar-refractivity contribution in [1.29, 1.82) is 0 Å². The van der Waals surface area contributed by atoms with E-state index in [0.717, 1.165) is 5.57 Å². The Balaban J connectivity index is 0.989. The molecule has 26 heteroatoms. The fourth-order valence-corrected chi connectivity index (χ4v) is 17.6. The summed E-state index contributed by atoms with van der Waals surface area (Å²) in [7, 11) is 0. The Kier molecular flexibility index (Phi) is 20.8. The number of carboxylic acids is 1. The van der Waals surface area contributed by atoms with Crippen molar-refractivity contribution in [2.24, 2.45) is 50.7 Å². The van der Waals surface area contributed by atoms with Crippen molar-refractivity contribution < 1.29 is 127 Å². The largest absolute Gasteiger partial charge is 0.479 e. The number of allylic oxidation sites excluding steroid dienone is 4. The third-order valence-corrected chi connectivity index (χ3v) is 22.9. The summed E-state index contributed by atoms with van der Waals surface area (Å²) in [6.07, 6.45) is -26.7. The molecule has 5 aliphatic carbocycles. The molecule has 4 heterocycles. The summed E-state index contributed by atoms with van der Waals surface area (Å²) in [6.45, 7) is 22.7. The second-order valence-electron chi connectivity index (χ2n) is 28.8. The molecule has 0 radical (unpaired) electrons. The van der Waals surface area contributed by atoms with E-state index < -0.39 is 211 Å². The number of rotatable bonds is 16. The predicted octanol–water partition coefficient (Wildman–Crippen LogP) is 1.35. The Hall–Kier alpha value is -3.62. The molecule has 0 aromatic carbocycles. The van der Waals surface area contributed by atoms with E-state index in [1.807, 2.05) is 13.8 Å². The third-order valence-electron chi connectivity index (χ3n) is 22.9.